The van der Waals surface area contributed by atoms with E-state index < -0.39 is 0 Å². The fraction of sp³-hybridized carbons (Fsp3) is 0.273. The molecule has 0 saturated carbocycles. The third-order valence-electron chi connectivity index (χ3n) is 7.33. The average molecular weight is 634 g/mol. The number of hydrogen-bond acceptors (Lipinski definition) is 5. The van der Waals surface area contributed by atoms with Crippen LogP contribution >= 0.6 is 27.5 Å². The highest BCUT2D eigenvalue weighted by Gasteiger charge is 2.23. The summed E-state index contributed by atoms with van der Waals surface area (Å²) in [6, 6.07) is 26.0. The Bertz CT molecular complexity index is 1560. The molecule has 0 radical (unpaired) electrons. The fourth-order valence-corrected chi connectivity index (χ4v) is 5.96. The van der Waals surface area contributed by atoms with Crippen LogP contribution in [0.4, 0.5) is 5.82 Å². The quantitative estimate of drug-likeness (QED) is 0.209. The summed E-state index contributed by atoms with van der Waals surface area (Å²) in [6.45, 7) is 5.36. The van der Waals surface area contributed by atoms with Gasteiger partial charge in [-0.05, 0) is 55.2 Å². The van der Waals surface area contributed by atoms with Gasteiger partial charge < -0.3 is 10.1 Å². The highest BCUT2D eigenvalue weighted by Crippen LogP contribution is 2.29. The Hall–Kier alpha value is -3.39. The van der Waals surface area contributed by atoms with E-state index in [1.54, 1.807) is 11.7 Å². The van der Waals surface area contributed by atoms with Crippen LogP contribution in [0.3, 0.4) is 0 Å². The largest absolute Gasteiger partial charge is 0.497 e. The molecule has 2 heterocycles. The lowest BCUT2D eigenvalue weighted by Crippen LogP contribution is -2.41. The van der Waals surface area contributed by atoms with Crippen LogP contribution in [0.25, 0.3) is 17.3 Å². The molecule has 5 rings (SSSR count). The Morgan fingerprint density at radius 1 is 1.07 bits per heavy atom. The maximum Gasteiger partial charge on any atom is 0.294 e. The van der Waals surface area contributed by atoms with Gasteiger partial charge >= 0.3 is 0 Å². The van der Waals surface area contributed by atoms with Crippen molar-refractivity contribution in [2.75, 3.05) is 32.1 Å². The molecular formula is C33H34BrClN4O2. The lowest BCUT2D eigenvalue weighted by Gasteiger charge is -2.32. The predicted octanol–water partition coefficient (Wildman–Crippen LogP) is 7.36. The normalized spacial score (nSPS) is 14.7. The summed E-state index contributed by atoms with van der Waals surface area (Å²) < 4.78 is 7.92. The van der Waals surface area contributed by atoms with E-state index in [0.717, 1.165) is 53.8 Å². The Labute approximate surface area is 254 Å². The maximum absolute atomic E-state index is 13.9. The molecule has 1 N–H and O–H groups in total. The van der Waals surface area contributed by atoms with Gasteiger partial charge in [-0.3, -0.25) is 14.3 Å². The first-order valence-electron chi connectivity index (χ1n) is 13.8. The molecule has 212 valence electrons. The van der Waals surface area contributed by atoms with E-state index in [1.165, 1.54) is 11.1 Å². The minimum Gasteiger partial charge on any atom is -0.497 e. The van der Waals surface area contributed by atoms with Crippen molar-refractivity contribution in [1.29, 1.82) is 0 Å². The van der Waals surface area contributed by atoms with Gasteiger partial charge in [0.25, 0.3) is 5.56 Å². The van der Waals surface area contributed by atoms with Gasteiger partial charge in [0.05, 0.1) is 19.3 Å². The third-order valence-corrected chi connectivity index (χ3v) is 8.09. The van der Waals surface area contributed by atoms with Crippen molar-refractivity contribution in [3.8, 4) is 17.0 Å². The van der Waals surface area contributed by atoms with Crippen molar-refractivity contribution in [2.45, 2.75) is 32.4 Å². The molecule has 6 nitrogen and oxygen atoms in total. The van der Waals surface area contributed by atoms with Crippen molar-refractivity contribution >= 4 is 39.4 Å². The number of rotatable bonds is 9. The van der Waals surface area contributed by atoms with E-state index in [0.29, 0.717) is 18.1 Å². The lowest BCUT2D eigenvalue weighted by atomic mass is 10.0. The Kier molecular flexibility index (Phi) is 9.60. The maximum atomic E-state index is 13.9. The highest BCUT2D eigenvalue weighted by molar-refractivity contribution is 9.10. The van der Waals surface area contributed by atoms with Crippen LogP contribution in [0, 0.1) is 0 Å². The van der Waals surface area contributed by atoms with Gasteiger partial charge in [0.2, 0.25) is 0 Å². The number of piperidine rings is 1. The molecule has 8 heteroatoms. The number of likely N-dealkylation sites (tertiary alicyclic amines) is 1. The molecule has 0 amide bonds. The predicted molar refractivity (Wildman–Crippen MR) is 172 cm³/mol. The summed E-state index contributed by atoms with van der Waals surface area (Å²) >= 11 is 10.4. The first-order chi connectivity index (χ1) is 19.9. The fourth-order valence-electron chi connectivity index (χ4n) is 5.27. The van der Waals surface area contributed by atoms with Crippen LogP contribution in [-0.2, 0) is 6.54 Å². The summed E-state index contributed by atoms with van der Waals surface area (Å²) in [7, 11) is 1.64. The van der Waals surface area contributed by atoms with E-state index in [-0.39, 0.29) is 16.8 Å². The van der Waals surface area contributed by atoms with Crippen LogP contribution < -0.4 is 15.6 Å². The van der Waals surface area contributed by atoms with Gasteiger partial charge in [-0.25, -0.2) is 4.98 Å². The van der Waals surface area contributed by atoms with Gasteiger partial charge in [0, 0.05) is 35.7 Å². The molecule has 1 fully saturated rings. The van der Waals surface area contributed by atoms with E-state index >= 15 is 0 Å². The van der Waals surface area contributed by atoms with Crippen molar-refractivity contribution in [3.05, 3.63) is 116 Å². The number of nitrogens with zero attached hydrogens (tertiary/aromatic N) is 3. The first-order valence-corrected chi connectivity index (χ1v) is 15.0. The Morgan fingerprint density at radius 3 is 2.49 bits per heavy atom. The zero-order valence-electron chi connectivity index (χ0n) is 23.3. The summed E-state index contributed by atoms with van der Waals surface area (Å²) in [5.74, 6) is 1.06. The first kappa shape index (κ1) is 29.1. The second kappa shape index (κ2) is 13.5. The van der Waals surface area contributed by atoms with Crippen molar-refractivity contribution in [1.82, 2.24) is 14.5 Å². The third kappa shape index (κ3) is 7.47. The smallest absolute Gasteiger partial charge is 0.294 e. The SMILES string of the molecule is COc1ccc(Cn2c(-c3cccc(Br)c3)c(Cl)nc(NC3CCN(C/C(C)=C/c4ccccc4)CC3)c2=O)cc1. The van der Waals surface area contributed by atoms with E-state index in [2.05, 4.69) is 68.4 Å². The zero-order valence-corrected chi connectivity index (χ0v) is 25.7. The van der Waals surface area contributed by atoms with E-state index in [9.17, 15) is 4.79 Å². The summed E-state index contributed by atoms with van der Waals surface area (Å²) in [6.07, 6.45) is 4.08. The van der Waals surface area contributed by atoms with Gasteiger partial charge in [-0.2, -0.15) is 0 Å². The molecule has 0 bridgehead atoms. The molecule has 0 unspecified atom stereocenters. The number of methoxy groups -OCH3 is 1. The Balaban J connectivity index is 1.34. The van der Waals surface area contributed by atoms with Gasteiger partial charge in [-0.15, -0.1) is 0 Å². The molecule has 0 aliphatic carbocycles. The van der Waals surface area contributed by atoms with Crippen LogP contribution in [0.2, 0.25) is 5.15 Å². The topological polar surface area (TPSA) is 59.4 Å². The van der Waals surface area contributed by atoms with Gasteiger partial charge in [0.1, 0.15) is 5.75 Å². The molecular weight excluding hydrogens is 600 g/mol. The number of anilines is 1. The highest BCUT2D eigenvalue weighted by atomic mass is 79.9. The molecule has 1 aromatic heterocycles. The Morgan fingerprint density at radius 2 is 1.80 bits per heavy atom. The molecule has 1 aliphatic rings. The van der Waals surface area contributed by atoms with Crippen LogP contribution in [-0.4, -0.2) is 47.2 Å². The van der Waals surface area contributed by atoms with E-state index in [4.69, 9.17) is 16.3 Å². The van der Waals surface area contributed by atoms with Crippen molar-refractivity contribution in [3.63, 3.8) is 0 Å². The van der Waals surface area contributed by atoms with Crippen molar-refractivity contribution in [2.24, 2.45) is 0 Å². The molecule has 41 heavy (non-hydrogen) atoms. The minimum atomic E-state index is -0.190. The number of halogens is 2. The van der Waals surface area contributed by atoms with Crippen molar-refractivity contribution < 1.29 is 4.74 Å². The number of hydrogen-bond donors (Lipinski definition) is 1. The molecule has 4 aromatic rings. The number of benzene rings is 3. The molecule has 1 saturated heterocycles. The van der Waals surface area contributed by atoms with Crippen LogP contribution in [0.1, 0.15) is 30.9 Å². The number of nitrogens with one attached hydrogen (secondary N) is 1. The monoisotopic (exact) mass is 632 g/mol. The van der Waals surface area contributed by atoms with Crippen LogP contribution in [0.15, 0.2) is 93.7 Å². The van der Waals surface area contributed by atoms with Gasteiger partial charge in [0.15, 0.2) is 11.0 Å². The number of aromatic nitrogens is 2. The average Bonchev–Trinajstić information content (AvgIpc) is 2.97. The molecule has 0 spiro atoms. The minimum absolute atomic E-state index is 0.145. The zero-order chi connectivity index (χ0) is 28.8. The standard InChI is InChI=1S/C33H34BrClN4O2/c1-23(19-24-7-4-3-5-8-24)21-38-17-15-28(16-18-38)36-32-33(40)39(22-25-11-13-29(41-2)14-12-25)30(31(35)37-32)26-9-6-10-27(34)20-26/h3-14,19-20,28H,15-18,21-22H2,1-2H3,(H,36,37)/b23-19+. The van der Waals surface area contributed by atoms with E-state index in [1.807, 2.05) is 54.6 Å². The molecule has 3 aromatic carbocycles. The number of ether oxygens (including phenoxy) is 1. The van der Waals surface area contributed by atoms with Crippen LogP contribution in [0.5, 0.6) is 5.75 Å². The summed E-state index contributed by atoms with van der Waals surface area (Å²) in [4.78, 5) is 21.0. The molecule has 1 aliphatic heterocycles. The second-order valence-electron chi connectivity index (χ2n) is 10.4. The van der Waals surface area contributed by atoms with Gasteiger partial charge in [-0.1, -0.05) is 93.8 Å². The summed E-state index contributed by atoms with van der Waals surface area (Å²) in [5.41, 5.74) is 4.74. The molecule has 0 atom stereocenters. The second-order valence-corrected chi connectivity index (χ2v) is 11.7. The lowest BCUT2D eigenvalue weighted by molar-refractivity contribution is 0.236. The summed E-state index contributed by atoms with van der Waals surface area (Å²) in [5, 5.41) is 3.73.